The van der Waals surface area contributed by atoms with Crippen molar-refractivity contribution in [1.82, 2.24) is 4.90 Å². The maximum absolute atomic E-state index is 12.7. The second-order valence-electron chi connectivity index (χ2n) is 5.90. The number of rotatable bonds is 2. The number of halogens is 1. The van der Waals surface area contributed by atoms with Crippen LogP contribution in [0, 0.1) is 19.8 Å². The van der Waals surface area contributed by atoms with Crippen molar-refractivity contribution in [3.63, 3.8) is 0 Å². The molecule has 1 aliphatic rings. The molecule has 1 aromatic carbocycles. The van der Waals surface area contributed by atoms with Gasteiger partial charge in [-0.05, 0) is 55.9 Å². The third kappa shape index (κ3) is 3.21. The smallest absolute Gasteiger partial charge is 0.326 e. The van der Waals surface area contributed by atoms with Crippen LogP contribution >= 0.6 is 11.6 Å². The van der Waals surface area contributed by atoms with E-state index >= 15 is 0 Å². The Balaban J connectivity index is 2.34. The molecule has 4 nitrogen and oxygen atoms in total. The van der Waals surface area contributed by atoms with E-state index in [1.807, 2.05) is 20.8 Å². The maximum atomic E-state index is 12.7. The maximum Gasteiger partial charge on any atom is 0.326 e. The summed E-state index contributed by atoms with van der Waals surface area (Å²) < 4.78 is 0. The molecule has 1 aliphatic heterocycles. The van der Waals surface area contributed by atoms with Crippen LogP contribution < -0.4 is 0 Å². The molecule has 1 saturated heterocycles. The van der Waals surface area contributed by atoms with Crippen LogP contribution in [-0.4, -0.2) is 34.5 Å². The number of carboxylic acid groups (broad SMARTS) is 1. The summed E-state index contributed by atoms with van der Waals surface area (Å²) in [5.74, 6) is -0.928. The third-order valence-corrected chi connectivity index (χ3v) is 4.54. The van der Waals surface area contributed by atoms with Gasteiger partial charge in [0.25, 0.3) is 5.91 Å². The summed E-state index contributed by atoms with van der Waals surface area (Å²) in [5, 5.41) is 9.74. The second-order valence-corrected chi connectivity index (χ2v) is 6.31. The molecule has 2 rings (SSSR count). The Morgan fingerprint density at radius 1 is 1.29 bits per heavy atom. The molecule has 0 bridgehead atoms. The van der Waals surface area contributed by atoms with Crippen molar-refractivity contribution in [2.45, 2.75) is 39.7 Å². The Kier molecular flexibility index (Phi) is 4.57. The zero-order valence-electron chi connectivity index (χ0n) is 12.5. The van der Waals surface area contributed by atoms with Gasteiger partial charge in [-0.2, -0.15) is 0 Å². The summed E-state index contributed by atoms with van der Waals surface area (Å²) in [4.78, 5) is 25.6. The number of piperidine rings is 1. The molecule has 21 heavy (non-hydrogen) atoms. The molecule has 2 atom stereocenters. The van der Waals surface area contributed by atoms with Gasteiger partial charge in [-0.1, -0.05) is 18.5 Å². The molecular weight excluding hydrogens is 290 g/mol. The number of amides is 1. The van der Waals surface area contributed by atoms with Crippen LogP contribution in [0.2, 0.25) is 5.02 Å². The predicted molar refractivity (Wildman–Crippen MR) is 81.8 cm³/mol. The van der Waals surface area contributed by atoms with Crippen LogP contribution in [0.1, 0.15) is 41.3 Å². The highest BCUT2D eigenvalue weighted by Crippen LogP contribution is 2.28. The Labute approximate surface area is 129 Å². The van der Waals surface area contributed by atoms with Crippen LogP contribution in [-0.2, 0) is 4.79 Å². The van der Waals surface area contributed by atoms with Crippen molar-refractivity contribution in [1.29, 1.82) is 0 Å². The van der Waals surface area contributed by atoms with Crippen LogP contribution in [0.15, 0.2) is 12.1 Å². The first kappa shape index (κ1) is 15.8. The minimum Gasteiger partial charge on any atom is -0.480 e. The molecule has 2 unspecified atom stereocenters. The van der Waals surface area contributed by atoms with E-state index in [2.05, 4.69) is 0 Å². The van der Waals surface area contributed by atoms with Gasteiger partial charge in [0.1, 0.15) is 6.04 Å². The lowest BCUT2D eigenvalue weighted by molar-refractivity contribution is -0.144. The number of nitrogens with zero attached hydrogens (tertiary/aromatic N) is 1. The van der Waals surface area contributed by atoms with Crippen molar-refractivity contribution in [3.05, 3.63) is 33.8 Å². The molecule has 0 saturated carbocycles. The summed E-state index contributed by atoms with van der Waals surface area (Å²) in [7, 11) is 0. The molecular formula is C16H20ClNO3. The van der Waals surface area contributed by atoms with Gasteiger partial charge < -0.3 is 10.0 Å². The van der Waals surface area contributed by atoms with E-state index in [0.29, 0.717) is 29.5 Å². The Morgan fingerprint density at radius 2 is 1.90 bits per heavy atom. The number of carbonyl (C=O) groups is 2. The normalized spacial score (nSPS) is 22.2. The first-order valence-corrected chi connectivity index (χ1v) is 7.49. The quantitative estimate of drug-likeness (QED) is 0.912. The number of benzene rings is 1. The molecule has 0 aliphatic carbocycles. The average molecular weight is 310 g/mol. The molecule has 0 radical (unpaired) electrons. The summed E-state index contributed by atoms with van der Waals surface area (Å²) in [6.45, 7) is 6.31. The van der Waals surface area contributed by atoms with Crippen molar-refractivity contribution in [2.24, 2.45) is 5.92 Å². The number of likely N-dealkylation sites (tertiary alicyclic amines) is 1. The molecule has 0 aromatic heterocycles. The van der Waals surface area contributed by atoms with E-state index in [9.17, 15) is 14.7 Å². The minimum absolute atomic E-state index is 0.289. The van der Waals surface area contributed by atoms with Gasteiger partial charge in [-0.25, -0.2) is 4.79 Å². The number of aryl methyl sites for hydroxylation is 2. The fourth-order valence-electron chi connectivity index (χ4n) is 2.72. The Hall–Kier alpha value is -1.55. The average Bonchev–Trinajstić information content (AvgIpc) is 2.42. The molecule has 1 aromatic rings. The van der Waals surface area contributed by atoms with Gasteiger partial charge in [-0.15, -0.1) is 0 Å². The van der Waals surface area contributed by atoms with Crippen LogP contribution in [0.3, 0.4) is 0 Å². The highest BCUT2D eigenvalue weighted by molar-refractivity contribution is 6.34. The van der Waals surface area contributed by atoms with Crippen molar-refractivity contribution < 1.29 is 14.7 Å². The van der Waals surface area contributed by atoms with E-state index in [1.165, 1.54) is 4.90 Å². The Morgan fingerprint density at radius 3 is 2.52 bits per heavy atom. The summed E-state index contributed by atoms with van der Waals surface area (Å²) in [6, 6.07) is 2.74. The molecule has 1 N–H and O–H groups in total. The first-order valence-electron chi connectivity index (χ1n) is 7.11. The lowest BCUT2D eigenvalue weighted by Crippen LogP contribution is -2.49. The van der Waals surface area contributed by atoms with Gasteiger partial charge in [-0.3, -0.25) is 4.79 Å². The van der Waals surface area contributed by atoms with Crippen LogP contribution in [0.4, 0.5) is 0 Å². The number of hydrogen-bond acceptors (Lipinski definition) is 2. The van der Waals surface area contributed by atoms with E-state index in [4.69, 9.17) is 11.6 Å². The van der Waals surface area contributed by atoms with Crippen molar-refractivity contribution in [3.8, 4) is 0 Å². The molecule has 1 amide bonds. The molecule has 1 heterocycles. The SMILES string of the molecule is Cc1cc(Cl)c(C(=O)N2CCC(C)CC2C(=O)O)cc1C. The third-order valence-electron chi connectivity index (χ3n) is 4.22. The van der Waals surface area contributed by atoms with Gasteiger partial charge in [0.05, 0.1) is 10.6 Å². The van der Waals surface area contributed by atoms with E-state index < -0.39 is 12.0 Å². The topological polar surface area (TPSA) is 57.6 Å². The monoisotopic (exact) mass is 309 g/mol. The van der Waals surface area contributed by atoms with Gasteiger partial charge >= 0.3 is 5.97 Å². The van der Waals surface area contributed by atoms with E-state index in [1.54, 1.807) is 12.1 Å². The molecule has 114 valence electrons. The second kappa shape index (κ2) is 6.06. The zero-order chi connectivity index (χ0) is 15.7. The lowest BCUT2D eigenvalue weighted by Gasteiger charge is -2.36. The number of carboxylic acids is 1. The van der Waals surface area contributed by atoms with Crippen LogP contribution in [0.25, 0.3) is 0 Å². The molecule has 5 heteroatoms. The van der Waals surface area contributed by atoms with Crippen molar-refractivity contribution >= 4 is 23.5 Å². The van der Waals surface area contributed by atoms with Crippen molar-refractivity contribution in [2.75, 3.05) is 6.54 Å². The highest BCUT2D eigenvalue weighted by Gasteiger charge is 2.35. The van der Waals surface area contributed by atoms with E-state index in [0.717, 1.165) is 17.5 Å². The summed E-state index contributed by atoms with van der Waals surface area (Å²) in [6.07, 6.45) is 1.31. The van der Waals surface area contributed by atoms with Gasteiger partial charge in [0.2, 0.25) is 0 Å². The Bertz CT molecular complexity index is 585. The minimum atomic E-state index is -0.949. The van der Waals surface area contributed by atoms with Crippen LogP contribution in [0.5, 0.6) is 0 Å². The largest absolute Gasteiger partial charge is 0.480 e. The standard InChI is InChI=1S/C16H20ClNO3/c1-9-4-5-18(14(6-9)16(20)21)15(19)12-7-10(2)11(3)8-13(12)17/h7-9,14H,4-6H2,1-3H3,(H,20,21). The number of hydrogen-bond donors (Lipinski definition) is 1. The fraction of sp³-hybridized carbons (Fsp3) is 0.500. The number of carbonyl (C=O) groups excluding carboxylic acids is 1. The molecule has 0 spiro atoms. The fourth-order valence-corrected chi connectivity index (χ4v) is 3.02. The zero-order valence-corrected chi connectivity index (χ0v) is 13.3. The number of aliphatic carboxylic acids is 1. The summed E-state index contributed by atoms with van der Waals surface area (Å²) >= 11 is 6.18. The summed E-state index contributed by atoms with van der Waals surface area (Å²) in [5.41, 5.74) is 2.37. The van der Waals surface area contributed by atoms with E-state index in [-0.39, 0.29) is 5.91 Å². The van der Waals surface area contributed by atoms with Gasteiger partial charge in [0.15, 0.2) is 0 Å². The van der Waals surface area contributed by atoms with Gasteiger partial charge in [0, 0.05) is 6.54 Å². The first-order chi connectivity index (χ1) is 9.81. The highest BCUT2D eigenvalue weighted by atomic mass is 35.5. The predicted octanol–water partition coefficient (Wildman–Crippen LogP) is 3.28. The molecule has 1 fully saturated rings. The lowest BCUT2D eigenvalue weighted by atomic mass is 9.91.